The zero-order valence-corrected chi connectivity index (χ0v) is 35.4. The van der Waals surface area contributed by atoms with Gasteiger partial charge in [0.05, 0.1) is 35.6 Å². The van der Waals surface area contributed by atoms with Crippen molar-refractivity contribution in [1.29, 1.82) is 0 Å². The van der Waals surface area contributed by atoms with Crippen molar-refractivity contribution >= 4 is 33.8 Å². The molecule has 59 heavy (non-hydrogen) atoms. The number of aliphatic hydroxyl groups is 1. The molecule has 1 aliphatic rings. The predicted octanol–water partition coefficient (Wildman–Crippen LogP) is 6.47. The molecule has 12 nitrogen and oxygen atoms in total. The van der Waals surface area contributed by atoms with Crippen molar-refractivity contribution in [3.63, 3.8) is 0 Å². The topological polar surface area (TPSA) is 162 Å². The lowest BCUT2D eigenvalue weighted by Crippen LogP contribution is -2.53. The van der Waals surface area contributed by atoms with Gasteiger partial charge in [-0.2, -0.15) is 0 Å². The van der Waals surface area contributed by atoms with Crippen molar-refractivity contribution < 1.29 is 46.2 Å². The van der Waals surface area contributed by atoms with Crippen molar-refractivity contribution in [2.24, 2.45) is 5.92 Å². The minimum Gasteiger partial charge on any atom is -0.445 e. The van der Waals surface area contributed by atoms with Crippen LogP contribution >= 0.6 is 0 Å². The van der Waals surface area contributed by atoms with Crippen LogP contribution in [0.3, 0.4) is 0 Å². The van der Waals surface area contributed by atoms with Crippen molar-refractivity contribution in [2.45, 2.75) is 116 Å². The number of carbonyl (C=O) groups is 4. The summed E-state index contributed by atoms with van der Waals surface area (Å²) in [6, 6.07) is 17.5. The molecule has 3 aromatic carbocycles. The highest BCUT2D eigenvalue weighted by atomic mass is 32.2. The van der Waals surface area contributed by atoms with Crippen LogP contribution < -0.4 is 10.6 Å². The van der Waals surface area contributed by atoms with Gasteiger partial charge < -0.3 is 25.4 Å². The number of rotatable bonds is 22. The monoisotopic (exact) mass is 840 g/mol. The van der Waals surface area contributed by atoms with Gasteiger partial charge in [-0.25, -0.2) is 26.8 Å². The van der Waals surface area contributed by atoms with E-state index in [1.807, 2.05) is 51.1 Å². The number of sulfone groups is 1. The highest BCUT2D eigenvalue weighted by molar-refractivity contribution is 7.92. The third kappa shape index (κ3) is 13.6. The number of ether oxygens (including phenoxy) is 1. The number of imide groups is 1. The standard InChI is InChI=1S/C44H58F2N4O8S/c1-6-13-37(14-7-2)59(56,57)29-34(26-50-41(53)44(4,5)48-42(50)54)40(52)47-38(20-19-32-22-35(45)24-36(46)23-32)39(51)27-49(25-33-18-12-17-30(8-3)21-33)43(55)58-28-31-15-10-9-11-16-31/h9-12,15-18,21-24,34,37-39,51H,6-8,13-14,19-20,25-29H2,1-5H3,(H,47,52)(H,48,54)/t34?,38-,39+/m0/s1. The average Bonchev–Trinajstić information content (AvgIpc) is 3.38. The Bertz CT molecular complexity index is 1990. The quantitative estimate of drug-likeness (QED) is 0.0970. The Morgan fingerprint density at radius 1 is 0.881 bits per heavy atom. The van der Waals surface area contributed by atoms with E-state index in [-0.39, 0.29) is 38.1 Å². The van der Waals surface area contributed by atoms with Crippen molar-refractivity contribution in [2.75, 3.05) is 18.8 Å². The first kappa shape index (κ1) is 46.8. The first-order chi connectivity index (χ1) is 28.0. The Morgan fingerprint density at radius 3 is 2.10 bits per heavy atom. The molecule has 1 saturated heterocycles. The second-order valence-corrected chi connectivity index (χ2v) is 18.1. The molecule has 15 heteroatoms. The van der Waals surface area contributed by atoms with Crippen LogP contribution in [0.1, 0.15) is 89.0 Å². The minimum absolute atomic E-state index is 0.0212. The molecule has 1 fully saturated rings. The first-order valence-electron chi connectivity index (χ1n) is 20.3. The van der Waals surface area contributed by atoms with Crippen LogP contribution in [0.15, 0.2) is 72.8 Å². The fourth-order valence-electron chi connectivity index (χ4n) is 7.25. The summed E-state index contributed by atoms with van der Waals surface area (Å²) in [6.07, 6.45) is 0.179. The van der Waals surface area contributed by atoms with Crippen molar-refractivity contribution in [1.82, 2.24) is 20.4 Å². The third-order valence-corrected chi connectivity index (χ3v) is 12.8. The van der Waals surface area contributed by atoms with Gasteiger partial charge in [0.1, 0.15) is 23.8 Å². The number of hydrogen-bond donors (Lipinski definition) is 3. The smallest absolute Gasteiger partial charge is 0.410 e. The maximum atomic E-state index is 14.4. The lowest BCUT2D eigenvalue weighted by Gasteiger charge is -2.32. The third-order valence-electron chi connectivity index (χ3n) is 10.5. The fraction of sp³-hybridized carbons (Fsp3) is 0.500. The molecule has 5 amide bonds. The molecule has 0 spiro atoms. The zero-order chi connectivity index (χ0) is 43.3. The number of amides is 5. The summed E-state index contributed by atoms with van der Waals surface area (Å²) in [6.45, 7) is 7.73. The average molecular weight is 841 g/mol. The second-order valence-electron chi connectivity index (χ2n) is 15.8. The van der Waals surface area contributed by atoms with Gasteiger partial charge in [0, 0.05) is 19.2 Å². The predicted molar refractivity (Wildman–Crippen MR) is 221 cm³/mol. The molecule has 0 bridgehead atoms. The summed E-state index contributed by atoms with van der Waals surface area (Å²) in [5, 5.41) is 16.5. The van der Waals surface area contributed by atoms with E-state index >= 15 is 0 Å². The molecule has 0 saturated carbocycles. The molecule has 4 rings (SSSR count). The van der Waals surface area contributed by atoms with Crippen molar-refractivity contribution in [3.8, 4) is 0 Å². The summed E-state index contributed by atoms with van der Waals surface area (Å²) in [5.74, 6) is -5.29. The van der Waals surface area contributed by atoms with Crippen LogP contribution in [-0.2, 0) is 50.2 Å². The second kappa shape index (κ2) is 21.4. The van der Waals surface area contributed by atoms with E-state index in [1.165, 1.54) is 18.7 Å². The van der Waals surface area contributed by atoms with Gasteiger partial charge in [0.2, 0.25) is 5.91 Å². The Morgan fingerprint density at radius 2 is 1.51 bits per heavy atom. The van der Waals surface area contributed by atoms with Crippen LogP contribution in [0.2, 0.25) is 0 Å². The van der Waals surface area contributed by atoms with Crippen LogP contribution in [0, 0.1) is 17.6 Å². The number of nitrogens with one attached hydrogen (secondary N) is 2. The molecule has 322 valence electrons. The maximum absolute atomic E-state index is 14.4. The van der Waals surface area contributed by atoms with E-state index in [9.17, 15) is 41.5 Å². The molecule has 0 radical (unpaired) electrons. The normalized spacial score (nSPS) is 15.4. The summed E-state index contributed by atoms with van der Waals surface area (Å²) in [5.41, 5.74) is 1.43. The molecular formula is C44H58F2N4O8S. The molecule has 3 aromatic rings. The zero-order valence-electron chi connectivity index (χ0n) is 34.6. The van der Waals surface area contributed by atoms with Gasteiger partial charge >= 0.3 is 12.1 Å². The molecule has 1 heterocycles. The Kier molecular flexibility index (Phi) is 17.0. The summed E-state index contributed by atoms with van der Waals surface area (Å²) >= 11 is 0. The Balaban J connectivity index is 1.69. The van der Waals surface area contributed by atoms with Gasteiger partial charge in [-0.3, -0.25) is 14.5 Å². The molecule has 3 atom stereocenters. The Hall–Kier alpha value is -4.89. The highest BCUT2D eigenvalue weighted by Crippen LogP contribution is 2.24. The number of nitrogens with zero attached hydrogens (tertiary/aromatic N) is 2. The summed E-state index contributed by atoms with van der Waals surface area (Å²) in [7, 11) is -3.96. The van der Waals surface area contributed by atoms with Gasteiger partial charge in [0.15, 0.2) is 9.84 Å². The van der Waals surface area contributed by atoms with Gasteiger partial charge in [-0.1, -0.05) is 88.2 Å². The molecule has 1 unspecified atom stereocenters. The molecular weight excluding hydrogens is 783 g/mol. The number of hydrogen-bond acceptors (Lipinski definition) is 8. The minimum atomic E-state index is -3.96. The SMILES string of the molecule is CCCC(CCC)S(=O)(=O)CC(CN1C(=O)NC(C)(C)C1=O)C(=O)N[C@@H](CCc1cc(F)cc(F)c1)[C@H](O)CN(Cc1cccc(CC)c1)C(=O)OCc1ccccc1. The number of halogens is 2. The van der Waals surface area contributed by atoms with E-state index in [4.69, 9.17) is 4.74 Å². The van der Waals surface area contributed by atoms with E-state index in [1.54, 1.807) is 24.3 Å². The van der Waals surface area contributed by atoms with Crippen LogP contribution in [-0.4, -0.2) is 89.0 Å². The number of aryl methyl sites for hydroxylation is 2. The molecule has 0 aromatic heterocycles. The van der Waals surface area contributed by atoms with Gasteiger partial charge in [-0.15, -0.1) is 0 Å². The van der Waals surface area contributed by atoms with Crippen LogP contribution in [0.25, 0.3) is 0 Å². The van der Waals surface area contributed by atoms with E-state index in [0.717, 1.165) is 46.2 Å². The van der Waals surface area contributed by atoms with Gasteiger partial charge in [0.25, 0.3) is 5.91 Å². The first-order valence-corrected chi connectivity index (χ1v) is 22.0. The summed E-state index contributed by atoms with van der Waals surface area (Å²) in [4.78, 5) is 56.5. The van der Waals surface area contributed by atoms with Crippen LogP contribution in [0.5, 0.6) is 0 Å². The highest BCUT2D eigenvalue weighted by Gasteiger charge is 2.46. The number of carbonyl (C=O) groups excluding carboxylic acids is 4. The number of benzene rings is 3. The lowest BCUT2D eigenvalue weighted by atomic mass is 9.99. The maximum Gasteiger partial charge on any atom is 0.410 e. The lowest BCUT2D eigenvalue weighted by molar-refractivity contribution is -0.132. The van der Waals surface area contributed by atoms with Gasteiger partial charge in [-0.05, 0) is 80.3 Å². The fourth-order valence-corrected chi connectivity index (χ4v) is 9.53. The summed E-state index contributed by atoms with van der Waals surface area (Å²) < 4.78 is 62.0. The van der Waals surface area contributed by atoms with E-state index < -0.39 is 86.6 Å². The van der Waals surface area contributed by atoms with E-state index in [2.05, 4.69) is 10.6 Å². The Labute approximate surface area is 346 Å². The molecule has 0 aliphatic carbocycles. The molecule has 3 N–H and O–H groups in total. The number of urea groups is 1. The van der Waals surface area contributed by atoms with E-state index in [0.29, 0.717) is 25.7 Å². The molecule has 1 aliphatic heterocycles. The number of aliphatic hydroxyl groups excluding tert-OH is 1. The van der Waals surface area contributed by atoms with Crippen LogP contribution in [0.4, 0.5) is 18.4 Å². The van der Waals surface area contributed by atoms with Crippen molar-refractivity contribution in [3.05, 3.63) is 107 Å². The largest absolute Gasteiger partial charge is 0.445 e.